The maximum atomic E-state index is 12.3. The third-order valence-electron chi connectivity index (χ3n) is 2.71. The number of aryl methyl sites for hydroxylation is 2. The fraction of sp³-hybridized carbons (Fsp3) is 0.154. The first-order valence-electron chi connectivity index (χ1n) is 6.46. The highest BCUT2D eigenvalue weighted by atomic mass is 32.2. The molecule has 1 heterocycles. The smallest absolute Gasteiger partial charge is 0.264 e. The number of aromatic nitrogens is 2. The molecule has 0 fully saturated rings. The molecular formula is C13H15N5O2S3. The molecule has 1 aromatic carbocycles. The second-order valence-electron chi connectivity index (χ2n) is 4.69. The van der Waals surface area contributed by atoms with E-state index in [-0.39, 0.29) is 15.2 Å². The number of anilines is 2. The molecule has 0 spiro atoms. The van der Waals surface area contributed by atoms with Crippen LogP contribution in [0.3, 0.4) is 0 Å². The van der Waals surface area contributed by atoms with Crippen molar-refractivity contribution in [2.24, 2.45) is 0 Å². The van der Waals surface area contributed by atoms with Crippen LogP contribution in [0, 0.1) is 13.8 Å². The highest BCUT2D eigenvalue weighted by Crippen LogP contribution is 2.16. The lowest BCUT2D eigenvalue weighted by molar-refractivity contribution is 0.601. The standard InChI is InChI=1S/C13H15N5O2S3/c1-8-3-5-10(6-4-8)23(19,20)18-12-14-9(2)7-11(15-12)16-17-13(21)22/h3-7H,1-2H3,(H2,17,21,22)(H2,14,15,16,18). The van der Waals surface area contributed by atoms with Crippen molar-refractivity contribution >= 4 is 51.0 Å². The topological polar surface area (TPSA) is 96.0 Å². The molecular weight excluding hydrogens is 354 g/mol. The Morgan fingerprint density at radius 3 is 2.43 bits per heavy atom. The fourth-order valence-corrected chi connectivity index (χ4v) is 2.74. The molecule has 0 aliphatic rings. The van der Waals surface area contributed by atoms with E-state index < -0.39 is 10.0 Å². The van der Waals surface area contributed by atoms with Gasteiger partial charge in [0.2, 0.25) is 5.95 Å². The van der Waals surface area contributed by atoms with Gasteiger partial charge in [-0.05, 0) is 26.0 Å². The lowest BCUT2D eigenvalue weighted by Gasteiger charge is -2.11. The number of benzene rings is 1. The number of hydrogen-bond donors (Lipinski definition) is 4. The highest BCUT2D eigenvalue weighted by Gasteiger charge is 2.16. The van der Waals surface area contributed by atoms with Crippen LogP contribution < -0.4 is 15.6 Å². The van der Waals surface area contributed by atoms with Gasteiger partial charge in [0.05, 0.1) is 4.90 Å². The Morgan fingerprint density at radius 2 is 1.83 bits per heavy atom. The fourth-order valence-electron chi connectivity index (χ4n) is 1.69. The van der Waals surface area contributed by atoms with E-state index in [1.54, 1.807) is 25.1 Å². The predicted octanol–water partition coefficient (Wildman–Crippen LogP) is 2.03. The molecule has 0 bridgehead atoms. The number of thiol groups is 1. The first kappa shape index (κ1) is 17.4. The van der Waals surface area contributed by atoms with E-state index >= 15 is 0 Å². The van der Waals surface area contributed by atoms with Gasteiger partial charge in [0.25, 0.3) is 10.0 Å². The third-order valence-corrected chi connectivity index (χ3v) is 4.27. The number of rotatable bonds is 5. The number of hydrazine groups is 1. The Kier molecular flexibility index (Phi) is 5.39. The van der Waals surface area contributed by atoms with E-state index in [9.17, 15) is 8.42 Å². The van der Waals surface area contributed by atoms with Gasteiger partial charge in [-0.3, -0.25) is 10.9 Å². The summed E-state index contributed by atoms with van der Waals surface area (Å²) in [7, 11) is -3.76. The maximum Gasteiger partial charge on any atom is 0.264 e. The first-order valence-corrected chi connectivity index (χ1v) is 8.80. The van der Waals surface area contributed by atoms with Gasteiger partial charge in [-0.25, -0.2) is 18.1 Å². The summed E-state index contributed by atoms with van der Waals surface area (Å²) in [5.74, 6) is 0.315. The Balaban J connectivity index is 2.24. The SMILES string of the molecule is Cc1ccc(S(=O)(=O)Nc2nc(C)cc(NNC(=S)S)n2)cc1. The molecule has 0 unspecified atom stereocenters. The van der Waals surface area contributed by atoms with Crippen LogP contribution in [-0.4, -0.2) is 22.7 Å². The molecule has 0 aliphatic carbocycles. The van der Waals surface area contributed by atoms with Crippen molar-refractivity contribution in [1.29, 1.82) is 0 Å². The average Bonchev–Trinajstić information content (AvgIpc) is 2.44. The Labute approximate surface area is 145 Å². The summed E-state index contributed by atoms with van der Waals surface area (Å²) in [6.45, 7) is 3.60. The molecule has 1 aromatic heterocycles. The van der Waals surface area contributed by atoms with Crippen molar-refractivity contribution in [2.45, 2.75) is 18.7 Å². The van der Waals surface area contributed by atoms with E-state index in [2.05, 4.69) is 38.2 Å². The minimum atomic E-state index is -3.76. The lowest BCUT2D eigenvalue weighted by Crippen LogP contribution is -2.25. The zero-order valence-corrected chi connectivity index (χ0v) is 14.9. The van der Waals surface area contributed by atoms with Crippen molar-refractivity contribution in [3.05, 3.63) is 41.6 Å². The van der Waals surface area contributed by atoms with Gasteiger partial charge >= 0.3 is 0 Å². The van der Waals surface area contributed by atoms with Gasteiger partial charge in [0.1, 0.15) is 10.1 Å². The van der Waals surface area contributed by atoms with E-state index in [1.807, 2.05) is 6.92 Å². The van der Waals surface area contributed by atoms with Crippen LogP contribution in [0.25, 0.3) is 0 Å². The van der Waals surface area contributed by atoms with Gasteiger partial charge in [0.15, 0.2) is 0 Å². The summed E-state index contributed by atoms with van der Waals surface area (Å²) in [4.78, 5) is 8.27. The predicted molar refractivity (Wildman–Crippen MR) is 97.1 cm³/mol. The second-order valence-corrected chi connectivity index (χ2v) is 7.53. The molecule has 2 rings (SSSR count). The molecule has 0 radical (unpaired) electrons. The van der Waals surface area contributed by atoms with Gasteiger partial charge in [0, 0.05) is 11.8 Å². The van der Waals surface area contributed by atoms with Crippen molar-refractivity contribution in [2.75, 3.05) is 10.1 Å². The van der Waals surface area contributed by atoms with Crippen LogP contribution in [0.5, 0.6) is 0 Å². The molecule has 7 nitrogen and oxygen atoms in total. The summed E-state index contributed by atoms with van der Waals surface area (Å²) in [5, 5.41) is 0. The number of sulfonamides is 1. The quantitative estimate of drug-likeness (QED) is 0.364. The van der Waals surface area contributed by atoms with Crippen LogP contribution in [0.15, 0.2) is 35.2 Å². The summed E-state index contributed by atoms with van der Waals surface area (Å²) in [6.07, 6.45) is 0. The van der Waals surface area contributed by atoms with Gasteiger partial charge < -0.3 is 0 Å². The molecule has 0 saturated carbocycles. The van der Waals surface area contributed by atoms with Crippen LogP contribution in [0.1, 0.15) is 11.3 Å². The Bertz CT molecular complexity index is 822. The summed E-state index contributed by atoms with van der Waals surface area (Å²) < 4.78 is 27.3. The van der Waals surface area contributed by atoms with Crippen molar-refractivity contribution in [1.82, 2.24) is 15.4 Å². The first-order chi connectivity index (χ1) is 10.8. The van der Waals surface area contributed by atoms with Crippen LogP contribution in [0.2, 0.25) is 0 Å². The summed E-state index contributed by atoms with van der Waals surface area (Å²) in [6, 6.07) is 8.11. The van der Waals surface area contributed by atoms with Gasteiger partial charge in [-0.2, -0.15) is 4.98 Å². The minimum absolute atomic E-state index is 0.0417. The second kappa shape index (κ2) is 7.11. The molecule has 23 heavy (non-hydrogen) atoms. The largest absolute Gasteiger partial charge is 0.284 e. The van der Waals surface area contributed by atoms with Crippen molar-refractivity contribution in [3.63, 3.8) is 0 Å². The number of nitrogens with zero attached hydrogens (tertiary/aromatic N) is 2. The Morgan fingerprint density at radius 1 is 1.17 bits per heavy atom. The number of thiocarbonyl (C=S) groups is 1. The zero-order valence-electron chi connectivity index (χ0n) is 12.4. The summed E-state index contributed by atoms with van der Waals surface area (Å²) >= 11 is 8.67. The number of nitrogens with one attached hydrogen (secondary N) is 3. The molecule has 122 valence electrons. The van der Waals surface area contributed by atoms with Crippen LogP contribution in [-0.2, 0) is 10.0 Å². The molecule has 0 atom stereocenters. The minimum Gasteiger partial charge on any atom is -0.284 e. The average molecular weight is 369 g/mol. The van der Waals surface area contributed by atoms with Gasteiger partial charge in [-0.1, -0.05) is 29.9 Å². The molecule has 3 N–H and O–H groups in total. The van der Waals surface area contributed by atoms with Crippen LogP contribution >= 0.6 is 24.8 Å². The van der Waals surface area contributed by atoms with Crippen molar-refractivity contribution in [3.8, 4) is 0 Å². The molecule has 2 aromatic rings. The molecule has 0 saturated heterocycles. The van der Waals surface area contributed by atoms with Crippen LogP contribution in [0.4, 0.5) is 11.8 Å². The monoisotopic (exact) mass is 369 g/mol. The molecule has 10 heteroatoms. The Hall–Kier alpha value is -1.91. The molecule has 0 amide bonds. The molecule has 0 aliphatic heterocycles. The van der Waals surface area contributed by atoms with Crippen molar-refractivity contribution < 1.29 is 8.42 Å². The normalized spacial score (nSPS) is 10.9. The highest BCUT2D eigenvalue weighted by molar-refractivity contribution is 8.11. The maximum absolute atomic E-state index is 12.3. The van der Waals surface area contributed by atoms with E-state index in [4.69, 9.17) is 12.2 Å². The van der Waals surface area contributed by atoms with E-state index in [0.29, 0.717) is 11.5 Å². The van der Waals surface area contributed by atoms with Gasteiger partial charge in [-0.15, -0.1) is 12.6 Å². The third kappa shape index (κ3) is 5.05. The lowest BCUT2D eigenvalue weighted by atomic mass is 10.2. The summed E-state index contributed by atoms with van der Waals surface area (Å²) in [5.41, 5.74) is 6.85. The zero-order chi connectivity index (χ0) is 17.0. The van der Waals surface area contributed by atoms with E-state index in [0.717, 1.165) is 5.56 Å². The van der Waals surface area contributed by atoms with E-state index in [1.165, 1.54) is 12.1 Å². The number of hydrogen-bond acceptors (Lipinski definition) is 6.